The second-order valence-electron chi connectivity index (χ2n) is 5.50. The fraction of sp³-hybridized carbons (Fsp3) is 0.625. The van der Waals surface area contributed by atoms with E-state index in [0.29, 0.717) is 12.0 Å². The van der Waals surface area contributed by atoms with Crippen LogP contribution in [0.25, 0.3) is 0 Å². The van der Waals surface area contributed by atoms with E-state index >= 15 is 0 Å². The van der Waals surface area contributed by atoms with Crippen LogP contribution >= 0.6 is 11.6 Å². The Balaban J connectivity index is 2.10. The van der Waals surface area contributed by atoms with Crippen LogP contribution < -0.4 is 10.1 Å². The van der Waals surface area contributed by atoms with Gasteiger partial charge in [0.15, 0.2) is 0 Å². The summed E-state index contributed by atoms with van der Waals surface area (Å²) in [5, 5.41) is 4.40. The van der Waals surface area contributed by atoms with Crippen molar-refractivity contribution in [2.75, 3.05) is 11.9 Å². The highest BCUT2D eigenvalue weighted by Crippen LogP contribution is 2.33. The molecule has 0 aliphatic heterocycles. The molecule has 0 radical (unpaired) electrons. The van der Waals surface area contributed by atoms with Crippen molar-refractivity contribution in [2.24, 2.45) is 5.92 Å². The average Bonchev–Trinajstić information content (AvgIpc) is 2.40. The number of rotatable bonds is 5. The number of nitrogens with one attached hydrogen (secondary N) is 1. The number of halogens is 1. The standard InChI is InChI=1S/C16H24ClNO/c1-3-10-19-16-9-8-13(17)11-15(16)18-14-7-5-4-6-12(14)2/h8-9,11-12,14,18H,3-7,10H2,1-2H3. The van der Waals surface area contributed by atoms with Gasteiger partial charge in [0.25, 0.3) is 0 Å². The first-order chi connectivity index (χ1) is 9.20. The van der Waals surface area contributed by atoms with Crippen molar-refractivity contribution in [3.63, 3.8) is 0 Å². The molecule has 1 aromatic carbocycles. The van der Waals surface area contributed by atoms with E-state index in [0.717, 1.165) is 29.5 Å². The molecule has 3 heteroatoms. The Bertz CT molecular complexity index is 408. The minimum Gasteiger partial charge on any atom is -0.491 e. The predicted molar refractivity (Wildman–Crippen MR) is 82.3 cm³/mol. The van der Waals surface area contributed by atoms with E-state index in [-0.39, 0.29) is 0 Å². The molecule has 1 aliphatic rings. The van der Waals surface area contributed by atoms with E-state index in [2.05, 4.69) is 19.2 Å². The van der Waals surface area contributed by atoms with Gasteiger partial charge in [-0.1, -0.05) is 38.3 Å². The highest BCUT2D eigenvalue weighted by Gasteiger charge is 2.22. The highest BCUT2D eigenvalue weighted by atomic mass is 35.5. The lowest BCUT2D eigenvalue weighted by atomic mass is 9.86. The third-order valence-electron chi connectivity index (χ3n) is 3.86. The van der Waals surface area contributed by atoms with Crippen molar-refractivity contribution in [3.05, 3.63) is 23.2 Å². The van der Waals surface area contributed by atoms with Crippen LogP contribution in [0.5, 0.6) is 5.75 Å². The quantitative estimate of drug-likeness (QED) is 0.809. The van der Waals surface area contributed by atoms with Gasteiger partial charge in [-0.25, -0.2) is 0 Å². The van der Waals surface area contributed by atoms with Crippen molar-refractivity contribution >= 4 is 17.3 Å². The molecule has 0 amide bonds. The van der Waals surface area contributed by atoms with Crippen LogP contribution in [0, 0.1) is 5.92 Å². The van der Waals surface area contributed by atoms with Gasteiger partial charge in [0.1, 0.15) is 5.75 Å². The lowest BCUT2D eigenvalue weighted by Crippen LogP contribution is -2.30. The normalized spacial score (nSPS) is 23.1. The largest absolute Gasteiger partial charge is 0.491 e. The first-order valence-corrected chi connectivity index (χ1v) is 7.77. The zero-order valence-corrected chi connectivity index (χ0v) is 12.7. The monoisotopic (exact) mass is 281 g/mol. The summed E-state index contributed by atoms with van der Waals surface area (Å²) in [6.07, 6.45) is 6.23. The first-order valence-electron chi connectivity index (χ1n) is 7.39. The summed E-state index contributed by atoms with van der Waals surface area (Å²) in [5.74, 6) is 1.63. The Labute approximate surface area is 121 Å². The molecule has 19 heavy (non-hydrogen) atoms. The van der Waals surface area contributed by atoms with E-state index in [1.165, 1.54) is 25.7 Å². The molecule has 0 heterocycles. The van der Waals surface area contributed by atoms with Crippen LogP contribution in [0.4, 0.5) is 5.69 Å². The smallest absolute Gasteiger partial charge is 0.142 e. The van der Waals surface area contributed by atoms with E-state index in [4.69, 9.17) is 16.3 Å². The van der Waals surface area contributed by atoms with Gasteiger partial charge in [-0.15, -0.1) is 0 Å². The molecule has 0 saturated heterocycles. The summed E-state index contributed by atoms with van der Waals surface area (Å²) < 4.78 is 5.80. The van der Waals surface area contributed by atoms with Gasteiger partial charge >= 0.3 is 0 Å². The zero-order chi connectivity index (χ0) is 13.7. The number of hydrogen-bond donors (Lipinski definition) is 1. The van der Waals surface area contributed by atoms with Crippen LogP contribution in [0.3, 0.4) is 0 Å². The van der Waals surface area contributed by atoms with Crippen molar-refractivity contribution in [2.45, 2.75) is 52.0 Å². The van der Waals surface area contributed by atoms with E-state index in [1.54, 1.807) is 0 Å². The molecule has 106 valence electrons. The highest BCUT2D eigenvalue weighted by molar-refractivity contribution is 6.30. The number of anilines is 1. The molecule has 1 aromatic rings. The number of hydrogen-bond acceptors (Lipinski definition) is 2. The molecule has 1 N–H and O–H groups in total. The molecular formula is C16H24ClNO. The molecule has 1 fully saturated rings. The van der Waals surface area contributed by atoms with Crippen LogP contribution in [-0.4, -0.2) is 12.6 Å². The van der Waals surface area contributed by atoms with Gasteiger partial charge in [0, 0.05) is 11.1 Å². The topological polar surface area (TPSA) is 21.3 Å². The van der Waals surface area contributed by atoms with Crippen LogP contribution in [0.2, 0.25) is 5.02 Å². The molecule has 2 atom stereocenters. The van der Waals surface area contributed by atoms with Crippen molar-refractivity contribution in [3.8, 4) is 5.75 Å². The summed E-state index contributed by atoms with van der Waals surface area (Å²) in [4.78, 5) is 0. The van der Waals surface area contributed by atoms with Gasteiger partial charge in [-0.3, -0.25) is 0 Å². The summed E-state index contributed by atoms with van der Waals surface area (Å²) in [7, 11) is 0. The van der Waals surface area contributed by atoms with Crippen molar-refractivity contribution < 1.29 is 4.74 Å². The molecule has 0 bridgehead atoms. The fourth-order valence-electron chi connectivity index (χ4n) is 2.68. The summed E-state index contributed by atoms with van der Waals surface area (Å²) in [6, 6.07) is 6.38. The van der Waals surface area contributed by atoms with Crippen LogP contribution in [0.1, 0.15) is 46.0 Å². The summed E-state index contributed by atoms with van der Waals surface area (Å²) in [6.45, 7) is 5.19. The minimum absolute atomic E-state index is 0.538. The Morgan fingerprint density at radius 1 is 1.32 bits per heavy atom. The van der Waals surface area contributed by atoms with Gasteiger partial charge in [-0.2, -0.15) is 0 Å². The number of benzene rings is 1. The van der Waals surface area contributed by atoms with Gasteiger partial charge in [0.05, 0.1) is 12.3 Å². The maximum Gasteiger partial charge on any atom is 0.142 e. The van der Waals surface area contributed by atoms with Crippen LogP contribution in [0.15, 0.2) is 18.2 Å². The molecule has 2 rings (SSSR count). The lowest BCUT2D eigenvalue weighted by molar-refractivity contribution is 0.315. The van der Waals surface area contributed by atoms with E-state index < -0.39 is 0 Å². The third-order valence-corrected chi connectivity index (χ3v) is 4.09. The minimum atomic E-state index is 0.538. The summed E-state index contributed by atoms with van der Waals surface area (Å²) >= 11 is 6.11. The van der Waals surface area contributed by atoms with Gasteiger partial charge in [0.2, 0.25) is 0 Å². The average molecular weight is 282 g/mol. The zero-order valence-electron chi connectivity index (χ0n) is 11.9. The molecule has 2 unspecified atom stereocenters. The van der Waals surface area contributed by atoms with Gasteiger partial charge < -0.3 is 10.1 Å². The first kappa shape index (κ1) is 14.5. The molecule has 0 aromatic heterocycles. The van der Waals surface area contributed by atoms with E-state index in [9.17, 15) is 0 Å². The molecule has 1 aliphatic carbocycles. The van der Waals surface area contributed by atoms with Crippen LogP contribution in [-0.2, 0) is 0 Å². The molecular weight excluding hydrogens is 258 g/mol. The number of ether oxygens (including phenoxy) is 1. The predicted octanol–water partition coefficient (Wildman–Crippen LogP) is 5.12. The second-order valence-corrected chi connectivity index (χ2v) is 5.94. The SMILES string of the molecule is CCCOc1ccc(Cl)cc1NC1CCCCC1C. The van der Waals surface area contributed by atoms with Gasteiger partial charge in [-0.05, 0) is 43.4 Å². The molecule has 2 nitrogen and oxygen atoms in total. The maximum absolute atomic E-state index is 6.11. The lowest BCUT2D eigenvalue weighted by Gasteiger charge is -2.31. The van der Waals surface area contributed by atoms with Crippen molar-refractivity contribution in [1.29, 1.82) is 0 Å². The van der Waals surface area contributed by atoms with Crippen molar-refractivity contribution in [1.82, 2.24) is 0 Å². The second kappa shape index (κ2) is 7.04. The molecule has 1 saturated carbocycles. The fourth-order valence-corrected chi connectivity index (χ4v) is 2.86. The Kier molecular flexibility index (Phi) is 5.38. The third kappa shape index (κ3) is 4.04. The molecule has 0 spiro atoms. The Morgan fingerprint density at radius 2 is 2.11 bits per heavy atom. The Morgan fingerprint density at radius 3 is 2.84 bits per heavy atom. The summed E-state index contributed by atoms with van der Waals surface area (Å²) in [5.41, 5.74) is 1.04. The van der Waals surface area contributed by atoms with E-state index in [1.807, 2.05) is 18.2 Å². The maximum atomic E-state index is 6.11. The Hall–Kier alpha value is -0.890.